The molecule has 2 aromatic rings. The van der Waals surface area contributed by atoms with E-state index in [0.29, 0.717) is 23.7 Å². The molecule has 0 aliphatic carbocycles. The van der Waals surface area contributed by atoms with Crippen LogP contribution in [-0.2, 0) is 6.42 Å². The minimum Gasteiger partial charge on any atom is -0.393 e. The van der Waals surface area contributed by atoms with Crippen molar-refractivity contribution in [3.05, 3.63) is 64.9 Å². The van der Waals surface area contributed by atoms with E-state index in [1.54, 1.807) is 0 Å². The number of aliphatic hydroxyl groups excluding tert-OH is 1. The molecule has 0 aliphatic heterocycles. The molecule has 28 heavy (non-hydrogen) atoms. The highest BCUT2D eigenvalue weighted by Gasteiger charge is 2.35. The summed E-state index contributed by atoms with van der Waals surface area (Å²) in [5.41, 5.74) is 2.53. The van der Waals surface area contributed by atoms with E-state index in [1.165, 1.54) is 11.1 Å². The molecule has 1 N–H and O–H groups in total. The van der Waals surface area contributed by atoms with Gasteiger partial charge in [0.15, 0.2) is 0 Å². The van der Waals surface area contributed by atoms with Gasteiger partial charge in [-0.25, -0.2) is 0 Å². The van der Waals surface area contributed by atoms with E-state index in [1.807, 2.05) is 37.5 Å². The van der Waals surface area contributed by atoms with Crippen LogP contribution < -0.4 is 0 Å². The summed E-state index contributed by atoms with van der Waals surface area (Å²) < 4.78 is 0. The van der Waals surface area contributed by atoms with Crippen LogP contribution in [0.15, 0.2) is 48.8 Å². The summed E-state index contributed by atoms with van der Waals surface area (Å²) in [5.74, 6) is 1.97. The Balaban J connectivity index is 2.40. The first kappa shape index (κ1) is 22.9. The molecule has 0 aliphatic rings. The van der Waals surface area contributed by atoms with Crippen molar-refractivity contribution in [2.45, 2.75) is 65.9 Å². The van der Waals surface area contributed by atoms with E-state index >= 15 is 0 Å². The maximum Gasteiger partial charge on any atom is 0.0548 e. The van der Waals surface area contributed by atoms with E-state index in [-0.39, 0.29) is 12.0 Å². The summed E-state index contributed by atoms with van der Waals surface area (Å²) in [5, 5.41) is 11.7. The Labute approximate surface area is 176 Å². The molecule has 154 valence electrons. The van der Waals surface area contributed by atoms with Gasteiger partial charge in [-0.05, 0) is 78.7 Å². The highest BCUT2D eigenvalue weighted by molar-refractivity contribution is 6.30. The average molecular weight is 402 g/mol. The number of halogens is 1. The summed E-state index contributed by atoms with van der Waals surface area (Å²) >= 11 is 6.15. The van der Waals surface area contributed by atoms with Crippen LogP contribution in [0, 0.1) is 23.7 Å². The van der Waals surface area contributed by atoms with E-state index in [4.69, 9.17) is 11.6 Å². The van der Waals surface area contributed by atoms with Crippen LogP contribution in [0.2, 0.25) is 5.02 Å². The lowest BCUT2D eigenvalue weighted by Gasteiger charge is -2.39. The van der Waals surface area contributed by atoms with E-state index in [9.17, 15) is 5.11 Å². The Bertz CT molecular complexity index is 681. The van der Waals surface area contributed by atoms with Gasteiger partial charge in [-0.1, -0.05) is 63.9 Å². The first-order valence-corrected chi connectivity index (χ1v) is 11.0. The monoisotopic (exact) mass is 401 g/mol. The lowest BCUT2D eigenvalue weighted by molar-refractivity contribution is 0.0475. The van der Waals surface area contributed by atoms with Gasteiger partial charge in [-0.15, -0.1) is 0 Å². The number of aliphatic hydroxyl groups is 1. The van der Waals surface area contributed by atoms with Gasteiger partial charge >= 0.3 is 0 Å². The lowest BCUT2D eigenvalue weighted by Crippen LogP contribution is -2.36. The molecule has 3 heteroatoms. The van der Waals surface area contributed by atoms with E-state index in [2.05, 4.69) is 50.9 Å². The number of pyridine rings is 1. The number of nitrogens with zero attached hydrogens (tertiary/aromatic N) is 1. The molecule has 0 radical (unpaired) electrons. The fraction of sp³-hybridized carbons (Fsp3) is 0.560. The molecule has 2 rings (SSSR count). The second-order valence-corrected chi connectivity index (χ2v) is 9.36. The van der Waals surface area contributed by atoms with Crippen molar-refractivity contribution in [1.82, 2.24) is 4.98 Å². The lowest BCUT2D eigenvalue weighted by atomic mass is 9.67. The molecule has 4 atom stereocenters. The second kappa shape index (κ2) is 11.0. The van der Waals surface area contributed by atoms with E-state index < -0.39 is 0 Å². The third-order valence-corrected chi connectivity index (χ3v) is 6.17. The molecule has 0 fully saturated rings. The molecule has 1 heterocycles. The Hall–Kier alpha value is -1.38. The van der Waals surface area contributed by atoms with Crippen molar-refractivity contribution in [2.24, 2.45) is 23.7 Å². The molecule has 0 spiro atoms. The van der Waals surface area contributed by atoms with Crippen LogP contribution in [0.3, 0.4) is 0 Å². The summed E-state index contributed by atoms with van der Waals surface area (Å²) in [6.45, 7) is 11.1. The third kappa shape index (κ3) is 6.60. The molecular formula is C25H36ClNO. The van der Waals surface area contributed by atoms with Crippen LogP contribution >= 0.6 is 11.6 Å². The van der Waals surface area contributed by atoms with Gasteiger partial charge in [0.1, 0.15) is 0 Å². The molecule has 1 aromatic heterocycles. The third-order valence-electron chi connectivity index (χ3n) is 5.92. The van der Waals surface area contributed by atoms with Crippen molar-refractivity contribution in [3.8, 4) is 0 Å². The highest BCUT2D eigenvalue weighted by Crippen LogP contribution is 2.41. The molecule has 4 unspecified atom stereocenters. The zero-order valence-electron chi connectivity index (χ0n) is 18.0. The van der Waals surface area contributed by atoms with Crippen LogP contribution in [0.25, 0.3) is 0 Å². The fourth-order valence-electron chi connectivity index (χ4n) is 4.40. The predicted molar refractivity (Wildman–Crippen MR) is 120 cm³/mol. The first-order valence-electron chi connectivity index (χ1n) is 10.6. The minimum absolute atomic E-state index is 0.181. The molecule has 0 saturated carbocycles. The van der Waals surface area contributed by atoms with Crippen molar-refractivity contribution < 1.29 is 5.11 Å². The molecule has 0 amide bonds. The Morgan fingerprint density at radius 3 is 2.14 bits per heavy atom. The van der Waals surface area contributed by atoms with Crippen molar-refractivity contribution in [1.29, 1.82) is 0 Å². The van der Waals surface area contributed by atoms with Gasteiger partial charge in [0.2, 0.25) is 0 Å². The molecule has 2 nitrogen and oxygen atoms in total. The summed E-state index contributed by atoms with van der Waals surface area (Å²) in [6.07, 6.45) is 6.56. The molecular weight excluding hydrogens is 366 g/mol. The minimum atomic E-state index is -0.378. The summed E-state index contributed by atoms with van der Waals surface area (Å²) in [7, 11) is 0. The number of benzene rings is 1. The number of aromatic nitrogens is 1. The first-order chi connectivity index (χ1) is 13.3. The molecule has 0 bridgehead atoms. The Morgan fingerprint density at radius 1 is 0.964 bits per heavy atom. The predicted octanol–water partition coefficient (Wildman–Crippen LogP) is 6.77. The second-order valence-electron chi connectivity index (χ2n) is 8.92. The van der Waals surface area contributed by atoms with Gasteiger partial charge in [0, 0.05) is 17.4 Å². The van der Waals surface area contributed by atoms with Crippen molar-refractivity contribution >= 4 is 11.6 Å². The van der Waals surface area contributed by atoms with Crippen LogP contribution in [0.4, 0.5) is 0 Å². The molecule has 1 aromatic carbocycles. The fourth-order valence-corrected chi connectivity index (χ4v) is 4.53. The zero-order valence-corrected chi connectivity index (χ0v) is 18.7. The van der Waals surface area contributed by atoms with Gasteiger partial charge in [-0.2, -0.15) is 0 Å². The smallest absolute Gasteiger partial charge is 0.0548 e. The zero-order chi connectivity index (χ0) is 20.7. The van der Waals surface area contributed by atoms with Crippen LogP contribution in [0.5, 0.6) is 0 Å². The van der Waals surface area contributed by atoms with Gasteiger partial charge in [0.05, 0.1) is 6.10 Å². The van der Waals surface area contributed by atoms with Crippen LogP contribution in [-0.4, -0.2) is 16.2 Å². The SMILES string of the molecule is CC(C)CCC(c1ccc(Cl)cc1)C(C(C)O)C(Cc1cccnc1)C(C)C. The van der Waals surface area contributed by atoms with Crippen molar-refractivity contribution in [2.75, 3.05) is 0 Å². The quantitative estimate of drug-likeness (QED) is 0.476. The number of rotatable bonds is 10. The average Bonchev–Trinajstić information content (AvgIpc) is 2.65. The van der Waals surface area contributed by atoms with Crippen molar-refractivity contribution in [3.63, 3.8) is 0 Å². The van der Waals surface area contributed by atoms with Gasteiger partial charge in [0.25, 0.3) is 0 Å². The number of hydrogen-bond donors (Lipinski definition) is 1. The Kier molecular flexibility index (Phi) is 8.98. The van der Waals surface area contributed by atoms with Gasteiger partial charge in [-0.3, -0.25) is 4.98 Å². The van der Waals surface area contributed by atoms with Gasteiger partial charge < -0.3 is 5.11 Å². The summed E-state index contributed by atoms with van der Waals surface area (Å²) in [4.78, 5) is 4.30. The number of hydrogen-bond acceptors (Lipinski definition) is 2. The van der Waals surface area contributed by atoms with Crippen LogP contribution in [0.1, 0.15) is 64.5 Å². The highest BCUT2D eigenvalue weighted by atomic mass is 35.5. The standard InChI is InChI=1S/C25H36ClNO/c1-17(2)8-13-23(21-9-11-22(26)12-10-21)25(19(5)28)24(18(3)4)15-20-7-6-14-27-16-20/h6-7,9-12,14,16-19,23-25,28H,8,13,15H2,1-5H3. The maximum absolute atomic E-state index is 10.9. The topological polar surface area (TPSA) is 33.1 Å². The van der Waals surface area contributed by atoms with E-state index in [0.717, 1.165) is 24.3 Å². The molecule has 0 saturated heterocycles. The Morgan fingerprint density at radius 2 is 1.64 bits per heavy atom. The maximum atomic E-state index is 10.9. The normalized spacial score (nSPS) is 16.2. The summed E-state index contributed by atoms with van der Waals surface area (Å²) in [6, 6.07) is 12.4. The largest absolute Gasteiger partial charge is 0.393 e.